The molecule has 20 heavy (non-hydrogen) atoms. The molecule has 1 aromatic heterocycles. The Morgan fingerprint density at radius 2 is 2.00 bits per heavy atom. The van der Waals surface area contributed by atoms with E-state index in [2.05, 4.69) is 0 Å². The molecule has 0 saturated carbocycles. The third kappa shape index (κ3) is 2.41. The van der Waals surface area contributed by atoms with Gasteiger partial charge in [0.15, 0.2) is 5.78 Å². The lowest BCUT2D eigenvalue weighted by atomic mass is 10.0. The van der Waals surface area contributed by atoms with Crippen LogP contribution >= 0.6 is 0 Å². The minimum atomic E-state index is -0.915. The highest BCUT2D eigenvalue weighted by atomic mass is 16.6. The number of rotatable bonds is 4. The number of ketones is 1. The van der Waals surface area contributed by atoms with Crippen LogP contribution in [0.25, 0.3) is 11.1 Å². The van der Waals surface area contributed by atoms with Crippen LogP contribution < -0.4 is 5.73 Å². The van der Waals surface area contributed by atoms with Crippen molar-refractivity contribution in [2.75, 3.05) is 0 Å². The summed E-state index contributed by atoms with van der Waals surface area (Å²) in [4.78, 5) is 32.6. The van der Waals surface area contributed by atoms with Gasteiger partial charge in [0.05, 0.1) is 6.07 Å². The Balaban J connectivity index is 2.62. The number of hydrogen-bond acceptors (Lipinski definition) is 5. The largest absolute Gasteiger partial charge is 0.434 e. The molecule has 0 aliphatic heterocycles. The molecule has 102 valence electrons. The number of nitro groups is 1. The smallest absolute Gasteiger partial charge is 0.395 e. The molecule has 0 saturated heterocycles. The highest BCUT2D eigenvalue weighted by Gasteiger charge is 2.23. The zero-order valence-corrected chi connectivity index (χ0v) is 10.5. The lowest BCUT2D eigenvalue weighted by molar-refractivity contribution is -0.402. The molecular formula is C13H10N2O5. The molecule has 0 atom stereocenters. The van der Waals surface area contributed by atoms with Gasteiger partial charge in [0.2, 0.25) is 5.76 Å². The van der Waals surface area contributed by atoms with Crippen LogP contribution in [0.2, 0.25) is 0 Å². The first-order chi connectivity index (χ1) is 9.40. The number of Topliss-reactive ketones (excluding diaryl/α,β-unsaturated/α-hetero) is 1. The maximum absolute atomic E-state index is 11.3. The second-order valence-electron chi connectivity index (χ2n) is 4.09. The first-order valence-corrected chi connectivity index (χ1v) is 5.59. The highest BCUT2D eigenvalue weighted by Crippen LogP contribution is 2.31. The van der Waals surface area contributed by atoms with E-state index in [0.717, 1.165) is 6.07 Å². The molecule has 7 heteroatoms. The summed E-state index contributed by atoms with van der Waals surface area (Å²) in [5, 5.41) is 10.7. The van der Waals surface area contributed by atoms with Gasteiger partial charge in [-0.05, 0) is 18.6 Å². The second-order valence-corrected chi connectivity index (χ2v) is 4.09. The molecular weight excluding hydrogens is 264 g/mol. The molecule has 0 radical (unpaired) electrons. The number of carbonyl (C=O) groups excluding carboxylic acids is 2. The lowest BCUT2D eigenvalue weighted by Crippen LogP contribution is -2.10. The second kappa shape index (κ2) is 4.96. The van der Waals surface area contributed by atoms with E-state index in [9.17, 15) is 19.7 Å². The Morgan fingerprint density at radius 1 is 1.30 bits per heavy atom. The minimum absolute atomic E-state index is 0.162. The first kappa shape index (κ1) is 13.5. The first-order valence-electron chi connectivity index (χ1n) is 5.59. The highest BCUT2D eigenvalue weighted by molar-refractivity contribution is 5.99. The van der Waals surface area contributed by atoms with Gasteiger partial charge in [-0.15, -0.1) is 0 Å². The van der Waals surface area contributed by atoms with Gasteiger partial charge in [-0.2, -0.15) is 0 Å². The molecule has 0 aliphatic rings. The van der Waals surface area contributed by atoms with Crippen molar-refractivity contribution in [3.05, 3.63) is 51.8 Å². The van der Waals surface area contributed by atoms with E-state index in [4.69, 9.17) is 10.2 Å². The molecule has 1 heterocycles. The SMILES string of the molecule is CC(=O)c1cccc(-c2cc([N+](=O)[O-])oc2C(N)=O)c1. The van der Waals surface area contributed by atoms with E-state index in [1.807, 2.05) is 0 Å². The minimum Gasteiger partial charge on any atom is -0.395 e. The standard InChI is InChI=1S/C13H10N2O5/c1-7(16)8-3-2-4-9(5-8)10-6-11(15(18)19)20-12(10)13(14)17/h2-6H,1H3,(H2,14,17). The van der Waals surface area contributed by atoms with Crippen LogP contribution in [0.4, 0.5) is 5.88 Å². The summed E-state index contributed by atoms with van der Waals surface area (Å²) in [5.74, 6) is -1.97. The van der Waals surface area contributed by atoms with Crippen molar-refractivity contribution in [3.8, 4) is 11.1 Å². The summed E-state index contributed by atoms with van der Waals surface area (Å²) in [6.45, 7) is 1.39. The van der Waals surface area contributed by atoms with Gasteiger partial charge in [0.1, 0.15) is 4.92 Å². The van der Waals surface area contributed by atoms with Crippen molar-refractivity contribution in [2.24, 2.45) is 5.73 Å². The molecule has 0 fully saturated rings. The molecule has 0 bridgehead atoms. The molecule has 0 unspecified atom stereocenters. The molecule has 0 spiro atoms. The van der Waals surface area contributed by atoms with Crippen LogP contribution in [-0.2, 0) is 0 Å². The van der Waals surface area contributed by atoms with Crippen LogP contribution in [0, 0.1) is 10.1 Å². The predicted molar refractivity (Wildman–Crippen MR) is 69.3 cm³/mol. The average molecular weight is 274 g/mol. The Kier molecular flexibility index (Phi) is 3.34. The summed E-state index contributed by atoms with van der Waals surface area (Å²) >= 11 is 0. The van der Waals surface area contributed by atoms with Crippen molar-refractivity contribution < 1.29 is 18.9 Å². The Hall–Kier alpha value is -2.96. The van der Waals surface area contributed by atoms with Gasteiger partial charge in [-0.1, -0.05) is 18.2 Å². The van der Waals surface area contributed by atoms with Gasteiger partial charge in [-0.25, -0.2) is 0 Å². The number of nitrogens with zero attached hydrogens (tertiary/aromatic N) is 1. The number of primary amides is 1. The molecule has 2 rings (SSSR count). The number of carbonyl (C=O) groups is 2. The van der Waals surface area contributed by atoms with Crippen molar-refractivity contribution in [1.82, 2.24) is 0 Å². The molecule has 2 aromatic rings. The molecule has 0 aliphatic carbocycles. The fraction of sp³-hybridized carbons (Fsp3) is 0.0769. The number of furan rings is 1. The Bertz CT molecular complexity index is 717. The topological polar surface area (TPSA) is 116 Å². The summed E-state index contributed by atoms with van der Waals surface area (Å²) in [6, 6.07) is 7.44. The number of benzene rings is 1. The molecule has 7 nitrogen and oxygen atoms in total. The number of nitrogens with two attached hydrogens (primary N) is 1. The number of hydrogen-bond donors (Lipinski definition) is 1. The van der Waals surface area contributed by atoms with Crippen molar-refractivity contribution in [2.45, 2.75) is 6.92 Å². The summed E-state index contributed by atoms with van der Waals surface area (Å²) < 4.78 is 4.83. The van der Waals surface area contributed by atoms with E-state index < -0.39 is 16.7 Å². The molecule has 2 N–H and O–H groups in total. The fourth-order valence-corrected chi connectivity index (χ4v) is 1.77. The molecule has 1 aromatic carbocycles. The lowest BCUT2D eigenvalue weighted by Gasteiger charge is -2.01. The van der Waals surface area contributed by atoms with Crippen LogP contribution in [0.15, 0.2) is 34.7 Å². The summed E-state index contributed by atoms with van der Waals surface area (Å²) in [7, 11) is 0. The van der Waals surface area contributed by atoms with Gasteiger partial charge < -0.3 is 10.2 Å². The van der Waals surface area contributed by atoms with Crippen molar-refractivity contribution in [3.63, 3.8) is 0 Å². The average Bonchev–Trinajstić information content (AvgIpc) is 2.84. The van der Waals surface area contributed by atoms with Crippen LogP contribution in [0.3, 0.4) is 0 Å². The third-order valence-electron chi connectivity index (χ3n) is 2.70. The van der Waals surface area contributed by atoms with Crippen LogP contribution in [0.1, 0.15) is 27.8 Å². The zero-order chi connectivity index (χ0) is 14.9. The number of amides is 1. The maximum atomic E-state index is 11.3. The molecule has 1 amide bonds. The quantitative estimate of drug-likeness (QED) is 0.520. The van der Waals surface area contributed by atoms with Crippen LogP contribution in [-0.4, -0.2) is 16.6 Å². The van der Waals surface area contributed by atoms with Gasteiger partial charge >= 0.3 is 5.88 Å². The van der Waals surface area contributed by atoms with Gasteiger partial charge in [-0.3, -0.25) is 19.7 Å². The van der Waals surface area contributed by atoms with E-state index in [0.29, 0.717) is 11.1 Å². The van der Waals surface area contributed by atoms with E-state index >= 15 is 0 Å². The van der Waals surface area contributed by atoms with E-state index in [-0.39, 0.29) is 17.1 Å². The Morgan fingerprint density at radius 3 is 2.55 bits per heavy atom. The summed E-state index contributed by atoms with van der Waals surface area (Å²) in [5.41, 5.74) is 6.19. The van der Waals surface area contributed by atoms with Crippen LogP contribution in [0.5, 0.6) is 0 Å². The van der Waals surface area contributed by atoms with E-state index in [1.54, 1.807) is 18.2 Å². The van der Waals surface area contributed by atoms with Crippen molar-refractivity contribution >= 4 is 17.6 Å². The van der Waals surface area contributed by atoms with Crippen molar-refractivity contribution in [1.29, 1.82) is 0 Å². The normalized spacial score (nSPS) is 10.2. The summed E-state index contributed by atoms with van der Waals surface area (Å²) in [6.07, 6.45) is 0. The Labute approximate surface area is 113 Å². The maximum Gasteiger partial charge on any atom is 0.434 e. The third-order valence-corrected chi connectivity index (χ3v) is 2.70. The van der Waals surface area contributed by atoms with Gasteiger partial charge in [0, 0.05) is 11.1 Å². The predicted octanol–water partition coefficient (Wildman–Crippen LogP) is 2.16. The van der Waals surface area contributed by atoms with Gasteiger partial charge in [0.25, 0.3) is 5.91 Å². The zero-order valence-electron chi connectivity index (χ0n) is 10.5. The fourth-order valence-electron chi connectivity index (χ4n) is 1.77. The van der Waals surface area contributed by atoms with E-state index in [1.165, 1.54) is 13.0 Å². The monoisotopic (exact) mass is 274 g/mol.